The normalized spacial score (nSPS) is 13.8. The van der Waals surface area contributed by atoms with E-state index in [1.165, 1.54) is 6.07 Å². The van der Waals surface area contributed by atoms with Crippen LogP contribution in [0.15, 0.2) is 30.6 Å². The summed E-state index contributed by atoms with van der Waals surface area (Å²) in [7, 11) is 0. The Morgan fingerprint density at radius 2 is 2.05 bits per heavy atom. The van der Waals surface area contributed by atoms with Crippen molar-refractivity contribution < 1.29 is 14.7 Å². The van der Waals surface area contributed by atoms with Crippen molar-refractivity contribution in [1.29, 1.82) is 0 Å². The molecular formula is C14H14N4O3. The van der Waals surface area contributed by atoms with Crippen molar-refractivity contribution in [3.8, 4) is 0 Å². The Morgan fingerprint density at radius 1 is 1.24 bits per heavy atom. The molecule has 1 aromatic heterocycles. The molecule has 2 heterocycles. The van der Waals surface area contributed by atoms with Crippen LogP contribution in [0.1, 0.15) is 21.7 Å². The van der Waals surface area contributed by atoms with E-state index in [-0.39, 0.29) is 17.9 Å². The van der Waals surface area contributed by atoms with Crippen LogP contribution < -0.4 is 0 Å². The zero-order valence-corrected chi connectivity index (χ0v) is 11.3. The van der Waals surface area contributed by atoms with E-state index >= 15 is 0 Å². The monoisotopic (exact) mass is 286 g/mol. The van der Waals surface area contributed by atoms with Crippen LogP contribution in [0.4, 0.5) is 0 Å². The van der Waals surface area contributed by atoms with Gasteiger partial charge in [0.1, 0.15) is 6.33 Å². The summed E-state index contributed by atoms with van der Waals surface area (Å²) in [5.74, 6) is -0.365. The van der Waals surface area contributed by atoms with Gasteiger partial charge in [-0.05, 0) is 11.6 Å². The first-order valence-electron chi connectivity index (χ1n) is 6.61. The summed E-state index contributed by atoms with van der Waals surface area (Å²) in [6.07, 6.45) is 1.73. The van der Waals surface area contributed by atoms with E-state index in [2.05, 4.69) is 10.2 Å². The second-order valence-corrected chi connectivity index (χ2v) is 4.89. The number of nitrogens with zero attached hydrogens (tertiary/aromatic N) is 4. The van der Waals surface area contributed by atoms with E-state index in [0.29, 0.717) is 25.2 Å². The predicted octanol–water partition coefficient (Wildman–Crippen LogP) is 0.561. The third kappa shape index (κ3) is 2.62. The highest BCUT2D eigenvalue weighted by Crippen LogP contribution is 2.14. The van der Waals surface area contributed by atoms with Crippen molar-refractivity contribution in [2.45, 2.75) is 19.5 Å². The highest BCUT2D eigenvalue weighted by atomic mass is 16.4. The molecular weight excluding hydrogens is 272 g/mol. The predicted molar refractivity (Wildman–Crippen MR) is 72.5 cm³/mol. The molecule has 108 valence electrons. The Bertz CT molecular complexity index is 695. The quantitative estimate of drug-likeness (QED) is 0.890. The van der Waals surface area contributed by atoms with E-state index < -0.39 is 5.97 Å². The molecule has 0 saturated carbocycles. The number of rotatable bonds is 3. The average molecular weight is 286 g/mol. The molecule has 1 aromatic carbocycles. The van der Waals surface area contributed by atoms with Crippen molar-refractivity contribution in [2.75, 3.05) is 6.54 Å². The maximum absolute atomic E-state index is 12.3. The number of carbonyl (C=O) groups excluding carboxylic acids is 1. The van der Waals surface area contributed by atoms with Crippen LogP contribution >= 0.6 is 0 Å². The molecule has 1 aliphatic rings. The molecule has 1 aliphatic heterocycles. The lowest BCUT2D eigenvalue weighted by molar-refractivity contribution is -0.132. The van der Waals surface area contributed by atoms with Gasteiger partial charge in [0.2, 0.25) is 5.91 Å². The maximum Gasteiger partial charge on any atom is 0.335 e. The number of fused-ring (bicyclic) bond motifs is 1. The summed E-state index contributed by atoms with van der Waals surface area (Å²) in [5, 5.41) is 16.9. The molecule has 0 bridgehead atoms. The molecule has 0 radical (unpaired) electrons. The minimum atomic E-state index is -1.02. The SMILES string of the molecule is O=C(O)c1ccccc1CC(=O)N1CCn2cnnc2C1. The fourth-order valence-electron chi connectivity index (χ4n) is 2.44. The Morgan fingerprint density at radius 3 is 2.86 bits per heavy atom. The van der Waals surface area contributed by atoms with Crippen molar-refractivity contribution >= 4 is 11.9 Å². The number of hydrogen-bond acceptors (Lipinski definition) is 4. The van der Waals surface area contributed by atoms with Gasteiger partial charge in [-0.25, -0.2) is 4.79 Å². The zero-order chi connectivity index (χ0) is 14.8. The van der Waals surface area contributed by atoms with Gasteiger partial charge in [-0.3, -0.25) is 4.79 Å². The molecule has 0 atom stereocenters. The molecule has 0 aliphatic carbocycles. The Labute approximate surface area is 120 Å². The minimum absolute atomic E-state index is 0.0800. The number of carboxylic acids is 1. The van der Waals surface area contributed by atoms with Gasteiger partial charge in [0.15, 0.2) is 5.82 Å². The van der Waals surface area contributed by atoms with Crippen molar-refractivity contribution in [3.63, 3.8) is 0 Å². The lowest BCUT2D eigenvalue weighted by atomic mass is 10.0. The van der Waals surface area contributed by atoms with Gasteiger partial charge in [0, 0.05) is 13.1 Å². The molecule has 3 rings (SSSR count). The summed E-state index contributed by atoms with van der Waals surface area (Å²) in [6, 6.07) is 6.58. The summed E-state index contributed by atoms with van der Waals surface area (Å²) in [4.78, 5) is 25.2. The van der Waals surface area contributed by atoms with Crippen LogP contribution in [0, 0.1) is 0 Å². The number of aromatic nitrogens is 3. The smallest absolute Gasteiger partial charge is 0.335 e. The van der Waals surface area contributed by atoms with E-state index in [0.717, 1.165) is 5.82 Å². The molecule has 7 heteroatoms. The number of aromatic carboxylic acids is 1. The number of carboxylic acid groups (broad SMARTS) is 1. The molecule has 0 saturated heterocycles. The zero-order valence-electron chi connectivity index (χ0n) is 11.3. The first-order chi connectivity index (χ1) is 10.1. The van der Waals surface area contributed by atoms with E-state index in [9.17, 15) is 9.59 Å². The van der Waals surface area contributed by atoms with E-state index in [1.54, 1.807) is 29.4 Å². The van der Waals surface area contributed by atoms with Crippen molar-refractivity contribution in [1.82, 2.24) is 19.7 Å². The van der Waals surface area contributed by atoms with E-state index in [1.807, 2.05) is 4.57 Å². The maximum atomic E-state index is 12.3. The number of hydrogen-bond donors (Lipinski definition) is 1. The summed E-state index contributed by atoms with van der Waals surface area (Å²) < 4.78 is 1.91. The van der Waals surface area contributed by atoms with Gasteiger partial charge in [-0.2, -0.15) is 0 Å². The molecule has 1 N–H and O–H groups in total. The summed E-state index contributed by atoms with van der Waals surface area (Å²) >= 11 is 0. The van der Waals surface area contributed by atoms with Gasteiger partial charge in [0.25, 0.3) is 0 Å². The first kappa shape index (κ1) is 13.3. The summed E-state index contributed by atoms with van der Waals surface area (Å²) in [5.41, 5.74) is 0.702. The second kappa shape index (κ2) is 5.35. The van der Waals surface area contributed by atoms with Crippen molar-refractivity contribution in [3.05, 3.63) is 47.5 Å². The van der Waals surface area contributed by atoms with Gasteiger partial charge in [-0.15, -0.1) is 10.2 Å². The van der Waals surface area contributed by atoms with Crippen LogP contribution in [-0.2, 0) is 24.3 Å². The standard InChI is InChI=1S/C14H14N4O3/c19-13(7-10-3-1-2-4-11(10)14(20)21)17-5-6-18-9-15-16-12(18)8-17/h1-4,9H,5-8H2,(H,20,21). The molecule has 0 unspecified atom stereocenters. The van der Waals surface area contributed by atoms with Gasteiger partial charge >= 0.3 is 5.97 Å². The molecule has 1 amide bonds. The fourth-order valence-corrected chi connectivity index (χ4v) is 2.44. The molecule has 2 aromatic rings. The molecule has 21 heavy (non-hydrogen) atoms. The van der Waals surface area contributed by atoms with Gasteiger partial charge in [-0.1, -0.05) is 18.2 Å². The number of benzene rings is 1. The Balaban J connectivity index is 1.75. The van der Waals surface area contributed by atoms with Crippen LogP contribution in [0.3, 0.4) is 0 Å². The fraction of sp³-hybridized carbons (Fsp3) is 0.286. The second-order valence-electron chi connectivity index (χ2n) is 4.89. The van der Waals surface area contributed by atoms with Gasteiger partial charge in [0.05, 0.1) is 18.5 Å². The van der Waals surface area contributed by atoms with Gasteiger partial charge < -0.3 is 14.6 Å². The van der Waals surface area contributed by atoms with Crippen LogP contribution in [0.25, 0.3) is 0 Å². The number of carbonyl (C=O) groups is 2. The Kier molecular flexibility index (Phi) is 3.39. The van der Waals surface area contributed by atoms with E-state index in [4.69, 9.17) is 5.11 Å². The van der Waals surface area contributed by atoms with Crippen LogP contribution in [0.2, 0.25) is 0 Å². The number of amides is 1. The average Bonchev–Trinajstić information content (AvgIpc) is 2.94. The van der Waals surface area contributed by atoms with Crippen LogP contribution in [-0.4, -0.2) is 43.2 Å². The topological polar surface area (TPSA) is 88.3 Å². The summed E-state index contributed by atoms with van der Waals surface area (Å²) in [6.45, 7) is 1.65. The molecule has 7 nitrogen and oxygen atoms in total. The molecule has 0 fully saturated rings. The van der Waals surface area contributed by atoms with Crippen LogP contribution in [0.5, 0.6) is 0 Å². The lowest BCUT2D eigenvalue weighted by Gasteiger charge is -2.27. The highest BCUT2D eigenvalue weighted by Gasteiger charge is 2.23. The minimum Gasteiger partial charge on any atom is -0.478 e. The first-order valence-corrected chi connectivity index (χ1v) is 6.61. The highest BCUT2D eigenvalue weighted by molar-refractivity contribution is 5.91. The lowest BCUT2D eigenvalue weighted by Crippen LogP contribution is -2.39. The Hall–Kier alpha value is -2.70. The third-order valence-corrected chi connectivity index (χ3v) is 3.58. The third-order valence-electron chi connectivity index (χ3n) is 3.58. The molecule has 0 spiro atoms. The largest absolute Gasteiger partial charge is 0.478 e. The van der Waals surface area contributed by atoms with Crippen molar-refractivity contribution in [2.24, 2.45) is 0 Å².